The Balaban J connectivity index is 1.52. The van der Waals surface area contributed by atoms with E-state index in [2.05, 4.69) is 10.1 Å². The first kappa shape index (κ1) is 26.8. The van der Waals surface area contributed by atoms with E-state index in [0.717, 1.165) is 19.1 Å². The molecule has 2 heterocycles. The van der Waals surface area contributed by atoms with E-state index in [0.29, 0.717) is 30.5 Å². The average molecular weight is 536 g/mol. The number of nitrogens with zero attached hydrogens (tertiary/aromatic N) is 3. The lowest BCUT2D eigenvalue weighted by molar-refractivity contribution is -0.127. The number of pyridine rings is 1. The van der Waals surface area contributed by atoms with Gasteiger partial charge in [0.15, 0.2) is 9.84 Å². The van der Waals surface area contributed by atoms with E-state index in [1.165, 1.54) is 42.3 Å². The third kappa shape index (κ3) is 5.27. The summed E-state index contributed by atoms with van der Waals surface area (Å²) in [6.45, 7) is 2.45. The Morgan fingerprint density at radius 3 is 2.51 bits per heavy atom. The van der Waals surface area contributed by atoms with Crippen LogP contribution in [-0.4, -0.2) is 41.3 Å². The maximum Gasteiger partial charge on any atom is 0.286 e. The fourth-order valence-corrected chi connectivity index (χ4v) is 7.18. The van der Waals surface area contributed by atoms with Gasteiger partial charge in [-0.1, -0.05) is 13.3 Å². The second kappa shape index (κ2) is 9.92. The minimum atomic E-state index is -3.84. The number of alkyl halides is 2. The number of methoxy groups -OCH3 is 1. The number of ether oxygens (including phenoxy) is 1. The largest absolute Gasteiger partial charge is 0.480 e. The van der Waals surface area contributed by atoms with Gasteiger partial charge in [0.05, 0.1) is 29.1 Å². The molecule has 11 heteroatoms. The van der Waals surface area contributed by atoms with Gasteiger partial charge in [-0.15, -0.1) is 5.10 Å². The van der Waals surface area contributed by atoms with Crippen molar-refractivity contribution < 1.29 is 31.1 Å². The Morgan fingerprint density at radius 1 is 1.22 bits per heavy atom. The van der Waals surface area contributed by atoms with E-state index >= 15 is 0 Å². The molecule has 3 aromatic rings. The van der Waals surface area contributed by atoms with Crippen molar-refractivity contribution in [3.63, 3.8) is 0 Å². The van der Waals surface area contributed by atoms with E-state index in [1.54, 1.807) is 13.1 Å². The lowest BCUT2D eigenvalue weighted by atomic mass is 9.81. The predicted molar refractivity (Wildman–Crippen MR) is 130 cm³/mol. The first-order valence-corrected chi connectivity index (χ1v) is 13.4. The quantitative estimate of drug-likeness (QED) is 0.356. The second-order valence-corrected chi connectivity index (χ2v) is 11.7. The number of rotatable bonds is 9. The molecule has 2 unspecified atom stereocenters. The van der Waals surface area contributed by atoms with Gasteiger partial charge < -0.3 is 4.74 Å². The Hall–Kier alpha value is -3.21. The highest BCUT2D eigenvalue weighted by atomic mass is 32.2. The van der Waals surface area contributed by atoms with Crippen molar-refractivity contribution in [3.8, 4) is 11.6 Å². The van der Waals surface area contributed by atoms with Crippen molar-refractivity contribution in [1.29, 1.82) is 0 Å². The van der Waals surface area contributed by atoms with Gasteiger partial charge in [0.1, 0.15) is 17.3 Å². The monoisotopic (exact) mass is 535 g/mol. The molecule has 0 radical (unpaired) electrons. The molecule has 1 aliphatic carbocycles. The van der Waals surface area contributed by atoms with Gasteiger partial charge in [0, 0.05) is 30.5 Å². The van der Waals surface area contributed by atoms with Crippen molar-refractivity contribution in [3.05, 3.63) is 65.9 Å². The predicted octanol–water partition coefficient (Wildman–Crippen LogP) is 5.06. The van der Waals surface area contributed by atoms with Crippen LogP contribution in [0.1, 0.15) is 50.8 Å². The molecular weight excluding hydrogens is 507 g/mol. The summed E-state index contributed by atoms with van der Waals surface area (Å²) in [5.74, 6) is -3.52. The molecule has 7 nitrogen and oxygen atoms in total. The summed E-state index contributed by atoms with van der Waals surface area (Å²) >= 11 is 0. The highest BCUT2D eigenvalue weighted by Crippen LogP contribution is 2.45. The molecule has 0 saturated heterocycles. The van der Waals surface area contributed by atoms with Gasteiger partial charge >= 0.3 is 0 Å². The Kier molecular flexibility index (Phi) is 7.20. The van der Waals surface area contributed by atoms with Gasteiger partial charge in [-0.25, -0.2) is 17.5 Å². The molecule has 0 spiro atoms. The van der Waals surface area contributed by atoms with Crippen LogP contribution < -0.4 is 4.74 Å². The fourth-order valence-electron chi connectivity index (χ4n) is 4.92. The molecule has 1 fully saturated rings. The van der Waals surface area contributed by atoms with Gasteiger partial charge in [0.25, 0.3) is 5.92 Å². The van der Waals surface area contributed by atoms with E-state index in [4.69, 9.17) is 4.74 Å². The highest BCUT2D eigenvalue weighted by Gasteiger charge is 2.51. The van der Waals surface area contributed by atoms with Crippen molar-refractivity contribution in [2.24, 2.45) is 5.41 Å². The van der Waals surface area contributed by atoms with Crippen LogP contribution >= 0.6 is 0 Å². The summed E-state index contributed by atoms with van der Waals surface area (Å²) in [6, 6.07) is 7.34. The molecule has 2 atom stereocenters. The van der Waals surface area contributed by atoms with E-state index in [1.807, 2.05) is 0 Å². The number of aryl methyl sites for hydroxylation is 1. The lowest BCUT2D eigenvalue weighted by Crippen LogP contribution is -2.40. The zero-order chi connectivity index (χ0) is 27.0. The van der Waals surface area contributed by atoms with Crippen LogP contribution in [0.5, 0.6) is 5.88 Å². The zero-order valence-corrected chi connectivity index (χ0v) is 21.6. The van der Waals surface area contributed by atoms with Gasteiger partial charge in [-0.2, -0.15) is 8.78 Å². The average Bonchev–Trinajstić information content (AvgIpc) is 3.47. The number of hydrogen-bond donors (Lipinski definition) is 0. The number of aromatic nitrogens is 3. The van der Waals surface area contributed by atoms with Crippen molar-refractivity contribution in [2.45, 2.75) is 62.0 Å². The number of carbonyl (C=O) groups excluding carboxylic acids is 1. The Labute approximate surface area is 213 Å². The van der Waals surface area contributed by atoms with E-state index in [-0.39, 0.29) is 35.1 Å². The smallest absolute Gasteiger partial charge is 0.286 e. The van der Waals surface area contributed by atoms with Crippen LogP contribution in [0.15, 0.2) is 53.7 Å². The number of benzene rings is 1. The number of ketones is 1. The molecule has 1 aliphatic rings. The molecule has 1 aromatic carbocycles. The molecule has 198 valence electrons. The first-order chi connectivity index (χ1) is 17.4. The SMILES string of the molecule is COc1nn(-c2ccc(C(C)(F)F)nc2)cc1CCC(=O)C1(C)CCCC1S(=O)(=O)c1ccc(F)cc1. The van der Waals surface area contributed by atoms with Crippen molar-refractivity contribution >= 4 is 15.6 Å². The molecule has 0 amide bonds. The number of sulfone groups is 1. The summed E-state index contributed by atoms with van der Waals surface area (Å²) in [7, 11) is -2.41. The van der Waals surface area contributed by atoms with Crippen molar-refractivity contribution in [1.82, 2.24) is 14.8 Å². The summed E-state index contributed by atoms with van der Waals surface area (Å²) < 4.78 is 73.7. The van der Waals surface area contributed by atoms with E-state index < -0.39 is 32.2 Å². The fraction of sp³-hybridized carbons (Fsp3) is 0.423. The summed E-state index contributed by atoms with van der Waals surface area (Å²) in [5, 5.41) is 3.41. The molecular formula is C26H28F3N3O4S. The molecule has 0 bridgehead atoms. The minimum Gasteiger partial charge on any atom is -0.480 e. The lowest BCUT2D eigenvalue weighted by Gasteiger charge is -2.30. The topological polar surface area (TPSA) is 91.2 Å². The van der Waals surface area contributed by atoms with Crippen LogP contribution in [-0.2, 0) is 27.0 Å². The molecule has 2 aromatic heterocycles. The third-order valence-electron chi connectivity index (χ3n) is 7.06. The number of Topliss-reactive ketones (excluding diaryl/α,β-unsaturated/α-hetero) is 1. The standard InChI is InChI=1S/C26H28F3N3O4S/c1-25(14-4-5-23(25)37(34,35)20-10-7-18(27)8-11-20)22(33)13-6-17-16-32(31-24(17)36-3)19-9-12-21(30-15-19)26(2,28)29/h7-12,15-16,23H,4-6,13-14H2,1-3H3. The molecule has 37 heavy (non-hydrogen) atoms. The Bertz CT molecular complexity index is 1380. The third-order valence-corrected chi connectivity index (χ3v) is 9.49. The molecule has 0 N–H and O–H groups in total. The molecule has 4 rings (SSSR count). The maximum atomic E-state index is 13.5. The molecule has 0 aliphatic heterocycles. The second-order valence-electron chi connectivity index (χ2n) is 9.62. The minimum absolute atomic E-state index is 0.00299. The maximum absolute atomic E-state index is 13.5. The van der Waals surface area contributed by atoms with Crippen LogP contribution in [0, 0.1) is 11.2 Å². The van der Waals surface area contributed by atoms with Gasteiger partial charge in [-0.05, 0) is 55.7 Å². The normalized spacial score (nSPS) is 20.2. The van der Waals surface area contributed by atoms with Crippen molar-refractivity contribution in [2.75, 3.05) is 7.11 Å². The Morgan fingerprint density at radius 2 is 1.92 bits per heavy atom. The van der Waals surface area contributed by atoms with Crippen LogP contribution in [0.4, 0.5) is 13.2 Å². The van der Waals surface area contributed by atoms with Gasteiger partial charge in [-0.3, -0.25) is 9.78 Å². The van der Waals surface area contributed by atoms with E-state index in [9.17, 15) is 26.4 Å². The summed E-state index contributed by atoms with van der Waals surface area (Å²) in [4.78, 5) is 17.2. The summed E-state index contributed by atoms with van der Waals surface area (Å²) in [6.07, 6.45) is 4.60. The highest BCUT2D eigenvalue weighted by molar-refractivity contribution is 7.92. The van der Waals surface area contributed by atoms with Crippen LogP contribution in [0.3, 0.4) is 0 Å². The first-order valence-electron chi connectivity index (χ1n) is 11.9. The number of hydrogen-bond acceptors (Lipinski definition) is 6. The van der Waals surface area contributed by atoms with Gasteiger partial charge in [0.2, 0.25) is 5.88 Å². The number of halogens is 3. The summed E-state index contributed by atoms with van der Waals surface area (Å²) in [5.41, 5.74) is -0.393. The zero-order valence-electron chi connectivity index (χ0n) is 20.7. The number of carbonyl (C=O) groups is 1. The van der Waals surface area contributed by atoms with Crippen LogP contribution in [0.2, 0.25) is 0 Å². The molecule has 1 saturated carbocycles. The van der Waals surface area contributed by atoms with Crippen LogP contribution in [0.25, 0.3) is 5.69 Å².